The standard InChI is InChI=1S/C12H14O3S/c1-3-15-12(14)11(9(2)13)16-10-7-5-4-6-8-10/h4-8,11H,3H2,1-2H3. The SMILES string of the molecule is CCOC(=O)C(Sc1ccccc1)C(C)=O. The Morgan fingerprint density at radius 2 is 1.94 bits per heavy atom. The fraction of sp³-hybridized carbons (Fsp3) is 0.333. The van der Waals surface area contributed by atoms with Crippen LogP contribution >= 0.6 is 11.8 Å². The third-order valence-electron chi connectivity index (χ3n) is 1.87. The highest BCUT2D eigenvalue weighted by Gasteiger charge is 2.25. The van der Waals surface area contributed by atoms with E-state index in [9.17, 15) is 9.59 Å². The monoisotopic (exact) mass is 238 g/mol. The van der Waals surface area contributed by atoms with Gasteiger partial charge in [-0.3, -0.25) is 9.59 Å². The Morgan fingerprint density at radius 3 is 2.44 bits per heavy atom. The highest BCUT2D eigenvalue weighted by Crippen LogP contribution is 2.24. The van der Waals surface area contributed by atoms with Crippen molar-refractivity contribution < 1.29 is 14.3 Å². The molecule has 0 saturated heterocycles. The lowest BCUT2D eigenvalue weighted by atomic mass is 10.3. The molecular formula is C12H14O3S. The predicted octanol–water partition coefficient (Wildman–Crippen LogP) is 2.30. The third kappa shape index (κ3) is 3.70. The maximum absolute atomic E-state index is 11.5. The molecule has 86 valence electrons. The van der Waals surface area contributed by atoms with E-state index in [1.807, 2.05) is 30.3 Å². The van der Waals surface area contributed by atoms with Crippen LogP contribution in [0.5, 0.6) is 0 Å². The van der Waals surface area contributed by atoms with Gasteiger partial charge in [0.1, 0.15) is 0 Å². The number of ether oxygens (including phenoxy) is 1. The van der Waals surface area contributed by atoms with E-state index in [4.69, 9.17) is 4.74 Å². The first-order chi connectivity index (χ1) is 7.65. The van der Waals surface area contributed by atoms with E-state index >= 15 is 0 Å². The number of carbonyl (C=O) groups excluding carboxylic acids is 2. The number of hydrogen-bond acceptors (Lipinski definition) is 4. The van der Waals surface area contributed by atoms with E-state index in [0.717, 1.165) is 4.90 Å². The number of esters is 1. The number of benzene rings is 1. The molecule has 1 aromatic carbocycles. The minimum atomic E-state index is -0.762. The molecule has 0 aliphatic rings. The molecule has 0 N–H and O–H groups in total. The molecule has 0 fully saturated rings. The highest BCUT2D eigenvalue weighted by atomic mass is 32.2. The molecule has 0 radical (unpaired) electrons. The molecule has 1 rings (SSSR count). The third-order valence-corrected chi connectivity index (χ3v) is 3.17. The summed E-state index contributed by atoms with van der Waals surface area (Å²) in [5.74, 6) is -0.656. The fourth-order valence-electron chi connectivity index (χ4n) is 1.15. The van der Waals surface area contributed by atoms with Crippen molar-refractivity contribution in [1.29, 1.82) is 0 Å². The molecule has 0 heterocycles. The second kappa shape index (κ2) is 6.33. The number of thioether (sulfide) groups is 1. The van der Waals surface area contributed by atoms with Crippen LogP contribution < -0.4 is 0 Å². The van der Waals surface area contributed by atoms with Crippen molar-refractivity contribution in [2.75, 3.05) is 6.61 Å². The van der Waals surface area contributed by atoms with Gasteiger partial charge in [-0.15, -0.1) is 11.8 Å². The van der Waals surface area contributed by atoms with E-state index in [0.29, 0.717) is 0 Å². The van der Waals surface area contributed by atoms with Crippen molar-refractivity contribution in [3.05, 3.63) is 30.3 Å². The molecule has 0 aromatic heterocycles. The Bertz CT molecular complexity index is 362. The van der Waals surface area contributed by atoms with Crippen LogP contribution in [0.3, 0.4) is 0 Å². The van der Waals surface area contributed by atoms with Gasteiger partial charge >= 0.3 is 5.97 Å². The molecule has 0 aliphatic carbocycles. The normalized spacial score (nSPS) is 11.9. The maximum atomic E-state index is 11.5. The summed E-state index contributed by atoms with van der Waals surface area (Å²) in [6, 6.07) is 9.34. The zero-order chi connectivity index (χ0) is 12.0. The molecule has 1 atom stereocenters. The summed E-state index contributed by atoms with van der Waals surface area (Å²) in [6.45, 7) is 3.41. The van der Waals surface area contributed by atoms with Crippen molar-refractivity contribution in [3.63, 3.8) is 0 Å². The highest BCUT2D eigenvalue weighted by molar-refractivity contribution is 8.01. The van der Waals surface area contributed by atoms with Crippen LogP contribution in [0.4, 0.5) is 0 Å². The smallest absolute Gasteiger partial charge is 0.327 e. The quantitative estimate of drug-likeness (QED) is 0.448. The zero-order valence-electron chi connectivity index (χ0n) is 9.30. The summed E-state index contributed by atoms with van der Waals surface area (Å²) in [4.78, 5) is 23.8. The number of rotatable bonds is 5. The molecule has 3 nitrogen and oxygen atoms in total. The second-order valence-corrected chi connectivity index (χ2v) is 4.35. The lowest BCUT2D eigenvalue weighted by molar-refractivity contribution is -0.144. The molecule has 1 unspecified atom stereocenters. The van der Waals surface area contributed by atoms with Crippen molar-refractivity contribution in [2.45, 2.75) is 24.0 Å². The molecule has 16 heavy (non-hydrogen) atoms. The van der Waals surface area contributed by atoms with Crippen LogP contribution in [-0.4, -0.2) is 23.6 Å². The Balaban J connectivity index is 2.73. The van der Waals surface area contributed by atoms with Gasteiger partial charge in [-0.1, -0.05) is 18.2 Å². The molecule has 4 heteroatoms. The number of hydrogen-bond donors (Lipinski definition) is 0. The van der Waals surface area contributed by atoms with Gasteiger partial charge in [-0.25, -0.2) is 0 Å². The van der Waals surface area contributed by atoms with Crippen molar-refractivity contribution >= 4 is 23.5 Å². The number of ketones is 1. The van der Waals surface area contributed by atoms with Gasteiger partial charge in [0.15, 0.2) is 11.0 Å². The first-order valence-electron chi connectivity index (χ1n) is 5.04. The molecule has 1 aromatic rings. The van der Waals surface area contributed by atoms with Crippen LogP contribution in [0.25, 0.3) is 0 Å². The van der Waals surface area contributed by atoms with E-state index in [2.05, 4.69) is 0 Å². The van der Waals surface area contributed by atoms with Gasteiger partial charge in [0.2, 0.25) is 0 Å². The average Bonchev–Trinajstić information content (AvgIpc) is 2.27. The van der Waals surface area contributed by atoms with E-state index in [-0.39, 0.29) is 12.4 Å². The van der Waals surface area contributed by atoms with Gasteiger partial charge in [0.05, 0.1) is 6.61 Å². The predicted molar refractivity (Wildman–Crippen MR) is 63.4 cm³/mol. The first kappa shape index (κ1) is 12.8. The first-order valence-corrected chi connectivity index (χ1v) is 5.92. The lowest BCUT2D eigenvalue weighted by Gasteiger charge is -2.11. The summed E-state index contributed by atoms with van der Waals surface area (Å²) in [5, 5.41) is -0.762. The largest absolute Gasteiger partial charge is 0.465 e. The van der Waals surface area contributed by atoms with Crippen LogP contribution in [0.15, 0.2) is 35.2 Å². The van der Waals surface area contributed by atoms with Crippen molar-refractivity contribution in [3.8, 4) is 0 Å². The lowest BCUT2D eigenvalue weighted by Crippen LogP contribution is -2.27. The maximum Gasteiger partial charge on any atom is 0.327 e. The zero-order valence-corrected chi connectivity index (χ0v) is 10.1. The van der Waals surface area contributed by atoms with E-state index in [1.165, 1.54) is 18.7 Å². The van der Waals surface area contributed by atoms with Gasteiger partial charge in [0, 0.05) is 4.90 Å². The second-order valence-electron chi connectivity index (χ2n) is 3.17. The van der Waals surface area contributed by atoms with Gasteiger partial charge in [0.25, 0.3) is 0 Å². The number of carbonyl (C=O) groups is 2. The fourth-order valence-corrected chi connectivity index (χ4v) is 2.07. The van der Waals surface area contributed by atoms with Gasteiger partial charge in [-0.05, 0) is 26.0 Å². The Morgan fingerprint density at radius 1 is 1.31 bits per heavy atom. The van der Waals surface area contributed by atoms with Crippen LogP contribution in [0, 0.1) is 0 Å². The van der Waals surface area contributed by atoms with Crippen molar-refractivity contribution in [1.82, 2.24) is 0 Å². The molecule has 0 saturated carbocycles. The molecule has 0 aliphatic heterocycles. The van der Waals surface area contributed by atoms with Crippen LogP contribution in [0.2, 0.25) is 0 Å². The van der Waals surface area contributed by atoms with Crippen LogP contribution in [0.1, 0.15) is 13.8 Å². The number of Topliss-reactive ketones (excluding diaryl/α,β-unsaturated/α-hetero) is 1. The summed E-state index contributed by atoms with van der Waals surface area (Å²) in [6.07, 6.45) is 0. The Kier molecular flexibility index (Phi) is 5.05. The molecule has 0 amide bonds. The topological polar surface area (TPSA) is 43.4 Å². The summed E-state index contributed by atoms with van der Waals surface area (Å²) in [7, 11) is 0. The minimum absolute atomic E-state index is 0.188. The molecular weight excluding hydrogens is 224 g/mol. The van der Waals surface area contributed by atoms with Gasteiger partial charge < -0.3 is 4.74 Å². The summed E-state index contributed by atoms with van der Waals surface area (Å²) in [5.41, 5.74) is 0. The Hall–Kier alpha value is -1.29. The summed E-state index contributed by atoms with van der Waals surface area (Å²) >= 11 is 1.22. The average molecular weight is 238 g/mol. The minimum Gasteiger partial charge on any atom is -0.465 e. The Labute approximate surface area is 99.2 Å². The van der Waals surface area contributed by atoms with Crippen molar-refractivity contribution in [2.24, 2.45) is 0 Å². The van der Waals surface area contributed by atoms with E-state index in [1.54, 1.807) is 6.92 Å². The molecule has 0 bridgehead atoms. The summed E-state index contributed by atoms with van der Waals surface area (Å²) < 4.78 is 4.86. The van der Waals surface area contributed by atoms with Gasteiger partial charge in [-0.2, -0.15) is 0 Å². The molecule has 0 spiro atoms. The van der Waals surface area contributed by atoms with Crippen LogP contribution in [-0.2, 0) is 14.3 Å². The van der Waals surface area contributed by atoms with E-state index < -0.39 is 11.2 Å².